The summed E-state index contributed by atoms with van der Waals surface area (Å²) in [4.78, 5) is 11.2. The minimum Gasteiger partial charge on any atom is -0.426 e. The number of carbonyl (C=O) groups is 1. The Kier molecular flexibility index (Phi) is 2.88. The molecule has 2 nitrogen and oxygen atoms in total. The third-order valence-corrected chi connectivity index (χ3v) is 3.29. The van der Waals surface area contributed by atoms with Crippen LogP contribution in [0.25, 0.3) is 10.8 Å². The van der Waals surface area contributed by atoms with Gasteiger partial charge in [0.2, 0.25) is 0 Å². The number of hydrogen-bond acceptors (Lipinski definition) is 2. The molecule has 0 heterocycles. The number of carbonyl (C=O) groups excluding carboxylic acids is 1. The number of esters is 1. The standard InChI is InChI=1S/C15H16O2/c1-9-10(2)13-7-5-6-8-14(13)15(11(9)3)17-12(4)16/h5-8H,1-4H3. The van der Waals surface area contributed by atoms with Gasteiger partial charge >= 0.3 is 5.97 Å². The fourth-order valence-corrected chi connectivity index (χ4v) is 2.14. The molecular formula is C15H16O2. The Morgan fingerprint density at radius 1 is 0.941 bits per heavy atom. The van der Waals surface area contributed by atoms with Crippen LogP contribution in [-0.2, 0) is 4.79 Å². The number of aryl methyl sites for hydroxylation is 1. The van der Waals surface area contributed by atoms with Crippen molar-refractivity contribution in [2.45, 2.75) is 27.7 Å². The predicted octanol–water partition coefficient (Wildman–Crippen LogP) is 3.69. The van der Waals surface area contributed by atoms with Gasteiger partial charge in [-0.2, -0.15) is 0 Å². The van der Waals surface area contributed by atoms with Crippen molar-refractivity contribution in [1.82, 2.24) is 0 Å². The molecule has 0 saturated carbocycles. The lowest BCUT2D eigenvalue weighted by atomic mass is 9.95. The van der Waals surface area contributed by atoms with E-state index in [-0.39, 0.29) is 5.97 Å². The summed E-state index contributed by atoms with van der Waals surface area (Å²) in [6, 6.07) is 8.02. The molecule has 0 bridgehead atoms. The van der Waals surface area contributed by atoms with Gasteiger partial charge in [0.1, 0.15) is 5.75 Å². The Balaban J connectivity index is 2.85. The van der Waals surface area contributed by atoms with Crippen molar-refractivity contribution in [3.05, 3.63) is 41.0 Å². The molecule has 0 radical (unpaired) electrons. The lowest BCUT2D eigenvalue weighted by Gasteiger charge is -2.15. The second kappa shape index (κ2) is 4.21. The predicted molar refractivity (Wildman–Crippen MR) is 69.5 cm³/mol. The Hall–Kier alpha value is -1.83. The molecule has 0 fully saturated rings. The van der Waals surface area contributed by atoms with Crippen LogP contribution in [0.2, 0.25) is 0 Å². The van der Waals surface area contributed by atoms with E-state index < -0.39 is 0 Å². The van der Waals surface area contributed by atoms with Crippen LogP contribution in [-0.4, -0.2) is 5.97 Å². The average Bonchev–Trinajstić information content (AvgIpc) is 2.31. The number of hydrogen-bond donors (Lipinski definition) is 0. The first-order valence-corrected chi connectivity index (χ1v) is 5.69. The van der Waals surface area contributed by atoms with E-state index in [1.165, 1.54) is 18.1 Å². The van der Waals surface area contributed by atoms with Crippen LogP contribution in [0.3, 0.4) is 0 Å². The number of ether oxygens (including phenoxy) is 1. The zero-order valence-corrected chi connectivity index (χ0v) is 10.6. The molecular weight excluding hydrogens is 212 g/mol. The second-order valence-corrected chi connectivity index (χ2v) is 4.34. The Morgan fingerprint density at radius 3 is 2.12 bits per heavy atom. The maximum Gasteiger partial charge on any atom is 0.308 e. The summed E-state index contributed by atoms with van der Waals surface area (Å²) >= 11 is 0. The van der Waals surface area contributed by atoms with Gasteiger partial charge < -0.3 is 4.74 Å². The first-order chi connectivity index (χ1) is 8.02. The molecule has 0 atom stereocenters. The van der Waals surface area contributed by atoms with Crippen LogP contribution < -0.4 is 4.74 Å². The third kappa shape index (κ3) is 1.91. The van der Waals surface area contributed by atoms with Crippen LogP contribution in [0.1, 0.15) is 23.6 Å². The van der Waals surface area contributed by atoms with Crippen molar-refractivity contribution >= 4 is 16.7 Å². The Labute approximate surface area is 101 Å². The van der Waals surface area contributed by atoms with Crippen LogP contribution in [0.5, 0.6) is 5.75 Å². The first kappa shape index (κ1) is 11.6. The minimum atomic E-state index is -0.276. The molecule has 2 rings (SSSR count). The van der Waals surface area contributed by atoms with Gasteiger partial charge in [-0.3, -0.25) is 4.79 Å². The zero-order valence-electron chi connectivity index (χ0n) is 10.6. The average molecular weight is 228 g/mol. The van der Waals surface area contributed by atoms with Crippen LogP contribution >= 0.6 is 0 Å². The van der Waals surface area contributed by atoms with Crippen molar-refractivity contribution in [2.75, 3.05) is 0 Å². The van der Waals surface area contributed by atoms with Gasteiger partial charge in [0.25, 0.3) is 0 Å². The molecule has 0 aliphatic rings. The van der Waals surface area contributed by atoms with Crippen molar-refractivity contribution in [1.29, 1.82) is 0 Å². The van der Waals surface area contributed by atoms with E-state index in [4.69, 9.17) is 4.74 Å². The minimum absolute atomic E-state index is 0.276. The number of benzene rings is 2. The first-order valence-electron chi connectivity index (χ1n) is 5.69. The highest BCUT2D eigenvalue weighted by molar-refractivity contribution is 5.94. The van der Waals surface area contributed by atoms with Crippen LogP contribution in [0, 0.1) is 20.8 Å². The highest BCUT2D eigenvalue weighted by Crippen LogP contribution is 2.35. The summed E-state index contributed by atoms with van der Waals surface area (Å²) in [5.74, 6) is 0.415. The van der Waals surface area contributed by atoms with Crippen LogP contribution in [0.4, 0.5) is 0 Å². The van der Waals surface area contributed by atoms with Crippen molar-refractivity contribution in [2.24, 2.45) is 0 Å². The van der Waals surface area contributed by atoms with E-state index >= 15 is 0 Å². The van der Waals surface area contributed by atoms with Gasteiger partial charge in [0, 0.05) is 12.3 Å². The molecule has 0 aromatic heterocycles. The fourth-order valence-electron chi connectivity index (χ4n) is 2.14. The van der Waals surface area contributed by atoms with Crippen molar-refractivity contribution in [3.8, 4) is 5.75 Å². The van der Waals surface area contributed by atoms with Gasteiger partial charge in [-0.15, -0.1) is 0 Å². The maximum atomic E-state index is 11.2. The maximum absolute atomic E-state index is 11.2. The highest BCUT2D eigenvalue weighted by atomic mass is 16.5. The molecule has 0 unspecified atom stereocenters. The van der Waals surface area contributed by atoms with E-state index in [1.807, 2.05) is 25.1 Å². The smallest absolute Gasteiger partial charge is 0.308 e. The van der Waals surface area contributed by atoms with E-state index in [0.29, 0.717) is 5.75 Å². The summed E-state index contributed by atoms with van der Waals surface area (Å²) in [6.45, 7) is 7.59. The topological polar surface area (TPSA) is 26.3 Å². The van der Waals surface area contributed by atoms with Gasteiger partial charge in [-0.1, -0.05) is 24.3 Å². The number of rotatable bonds is 1. The summed E-state index contributed by atoms with van der Waals surface area (Å²) in [5.41, 5.74) is 3.46. The largest absolute Gasteiger partial charge is 0.426 e. The zero-order chi connectivity index (χ0) is 12.6. The molecule has 0 spiro atoms. The molecule has 88 valence electrons. The molecule has 0 N–H and O–H groups in total. The highest BCUT2D eigenvalue weighted by Gasteiger charge is 2.13. The summed E-state index contributed by atoms with van der Waals surface area (Å²) in [7, 11) is 0. The van der Waals surface area contributed by atoms with E-state index in [0.717, 1.165) is 16.3 Å². The molecule has 2 heteroatoms. The number of fused-ring (bicyclic) bond motifs is 1. The van der Waals surface area contributed by atoms with E-state index in [9.17, 15) is 4.79 Å². The Bertz CT molecular complexity index is 597. The summed E-state index contributed by atoms with van der Waals surface area (Å²) in [5, 5.41) is 2.15. The lowest BCUT2D eigenvalue weighted by molar-refractivity contribution is -0.131. The third-order valence-electron chi connectivity index (χ3n) is 3.29. The van der Waals surface area contributed by atoms with Gasteiger partial charge in [-0.05, 0) is 42.8 Å². The van der Waals surface area contributed by atoms with E-state index in [2.05, 4.69) is 19.9 Å². The lowest BCUT2D eigenvalue weighted by Crippen LogP contribution is -2.05. The molecule has 0 saturated heterocycles. The summed E-state index contributed by atoms with van der Waals surface area (Å²) in [6.07, 6.45) is 0. The summed E-state index contributed by atoms with van der Waals surface area (Å²) < 4.78 is 5.36. The Morgan fingerprint density at radius 2 is 1.53 bits per heavy atom. The van der Waals surface area contributed by atoms with E-state index in [1.54, 1.807) is 0 Å². The molecule has 0 aliphatic carbocycles. The molecule has 2 aromatic rings. The van der Waals surface area contributed by atoms with Gasteiger partial charge in [-0.25, -0.2) is 0 Å². The van der Waals surface area contributed by atoms with Gasteiger partial charge in [0.15, 0.2) is 0 Å². The van der Waals surface area contributed by atoms with Crippen molar-refractivity contribution in [3.63, 3.8) is 0 Å². The normalized spacial score (nSPS) is 10.6. The molecule has 0 aliphatic heterocycles. The van der Waals surface area contributed by atoms with Crippen LogP contribution in [0.15, 0.2) is 24.3 Å². The monoisotopic (exact) mass is 228 g/mol. The SMILES string of the molecule is CC(=O)Oc1c(C)c(C)c(C)c2ccccc12. The quantitative estimate of drug-likeness (QED) is 0.549. The molecule has 0 amide bonds. The van der Waals surface area contributed by atoms with Gasteiger partial charge in [0.05, 0.1) is 0 Å². The molecule has 17 heavy (non-hydrogen) atoms. The molecule has 2 aromatic carbocycles. The second-order valence-electron chi connectivity index (χ2n) is 4.34. The van der Waals surface area contributed by atoms with Crippen molar-refractivity contribution < 1.29 is 9.53 Å². The fraction of sp³-hybridized carbons (Fsp3) is 0.267.